The van der Waals surface area contributed by atoms with Gasteiger partial charge in [0.25, 0.3) is 0 Å². The lowest BCUT2D eigenvalue weighted by Crippen LogP contribution is -2.30. The smallest absolute Gasteiger partial charge is 0.306 e. The summed E-state index contributed by atoms with van der Waals surface area (Å²) in [5.41, 5.74) is 0. The third-order valence-electron chi connectivity index (χ3n) is 13.8. The molecule has 0 amide bonds. The topological polar surface area (TPSA) is 78.9 Å². The summed E-state index contributed by atoms with van der Waals surface area (Å²) >= 11 is 0. The molecule has 0 aromatic rings. The number of unbranched alkanes of at least 4 members (excludes halogenated alkanes) is 38. The van der Waals surface area contributed by atoms with Crippen LogP contribution in [-0.4, -0.2) is 37.2 Å². The molecule has 1 atom stereocenters. The molecule has 0 fully saturated rings. The molecule has 0 heterocycles. The molecule has 0 rings (SSSR count). The van der Waals surface area contributed by atoms with Gasteiger partial charge in [-0.25, -0.2) is 0 Å². The molecule has 0 aliphatic rings. The SMILES string of the molecule is CCCCC/C=C\C/C=C\CCCCCCCC(=O)OCC(COC(=O)CCCCCCCCCCC/C=C\C/C=C\CCCCCCC)OC(=O)CCCCCCCCCCCCCCCCCCC. The van der Waals surface area contributed by atoms with Crippen LogP contribution >= 0.6 is 0 Å². The first-order valence-corrected chi connectivity index (χ1v) is 31.1. The molecule has 414 valence electrons. The van der Waals surface area contributed by atoms with Gasteiger partial charge in [-0.05, 0) is 83.5 Å². The molecule has 6 nitrogen and oxygen atoms in total. The molecular weight excluding hydrogens is 877 g/mol. The summed E-state index contributed by atoms with van der Waals surface area (Å²) in [7, 11) is 0. The van der Waals surface area contributed by atoms with Crippen molar-refractivity contribution in [2.45, 2.75) is 335 Å². The van der Waals surface area contributed by atoms with Crippen LogP contribution in [0.5, 0.6) is 0 Å². The molecule has 1 unspecified atom stereocenters. The third kappa shape index (κ3) is 58.1. The van der Waals surface area contributed by atoms with Crippen LogP contribution in [0.1, 0.15) is 329 Å². The van der Waals surface area contributed by atoms with Crippen LogP contribution in [0.2, 0.25) is 0 Å². The van der Waals surface area contributed by atoms with Gasteiger partial charge in [0.2, 0.25) is 0 Å². The second kappa shape index (κ2) is 59.9. The molecule has 0 aromatic heterocycles. The number of carbonyl (C=O) groups excluding carboxylic acids is 3. The second-order valence-electron chi connectivity index (χ2n) is 21.0. The molecule has 0 spiro atoms. The van der Waals surface area contributed by atoms with Crippen LogP contribution in [0.3, 0.4) is 0 Å². The van der Waals surface area contributed by atoms with E-state index in [2.05, 4.69) is 69.4 Å². The zero-order valence-corrected chi connectivity index (χ0v) is 47.5. The molecule has 0 aromatic carbocycles. The fourth-order valence-electron chi connectivity index (χ4n) is 9.09. The number of carbonyl (C=O) groups is 3. The Morgan fingerprint density at radius 3 is 0.803 bits per heavy atom. The average molecular weight is 996 g/mol. The predicted octanol–water partition coefficient (Wildman–Crippen LogP) is 21.0. The largest absolute Gasteiger partial charge is 0.462 e. The Morgan fingerprint density at radius 1 is 0.282 bits per heavy atom. The van der Waals surface area contributed by atoms with Crippen LogP contribution in [0.15, 0.2) is 48.6 Å². The van der Waals surface area contributed by atoms with Crippen molar-refractivity contribution >= 4 is 17.9 Å². The summed E-state index contributed by atoms with van der Waals surface area (Å²) in [6.07, 6.45) is 73.9. The fourth-order valence-corrected chi connectivity index (χ4v) is 9.09. The minimum Gasteiger partial charge on any atom is -0.462 e. The number of hydrogen-bond acceptors (Lipinski definition) is 6. The highest BCUT2D eigenvalue weighted by molar-refractivity contribution is 5.71. The average Bonchev–Trinajstić information content (AvgIpc) is 3.37. The lowest BCUT2D eigenvalue weighted by Gasteiger charge is -2.18. The molecule has 0 radical (unpaired) electrons. The summed E-state index contributed by atoms with van der Waals surface area (Å²) < 4.78 is 16.9. The van der Waals surface area contributed by atoms with Crippen LogP contribution in [0.4, 0.5) is 0 Å². The summed E-state index contributed by atoms with van der Waals surface area (Å²) in [5.74, 6) is -0.875. The zero-order valence-electron chi connectivity index (χ0n) is 47.5. The van der Waals surface area contributed by atoms with Gasteiger partial charge in [0.15, 0.2) is 6.10 Å². The highest BCUT2D eigenvalue weighted by Gasteiger charge is 2.19. The second-order valence-corrected chi connectivity index (χ2v) is 21.0. The number of esters is 3. The van der Waals surface area contributed by atoms with Gasteiger partial charge < -0.3 is 14.2 Å². The zero-order chi connectivity index (χ0) is 51.4. The van der Waals surface area contributed by atoms with Crippen molar-refractivity contribution in [1.29, 1.82) is 0 Å². The summed E-state index contributed by atoms with van der Waals surface area (Å²) in [4.78, 5) is 38.3. The van der Waals surface area contributed by atoms with Gasteiger partial charge in [-0.3, -0.25) is 14.4 Å². The number of ether oxygens (including phenoxy) is 3. The van der Waals surface area contributed by atoms with E-state index >= 15 is 0 Å². The Morgan fingerprint density at radius 2 is 0.507 bits per heavy atom. The highest BCUT2D eigenvalue weighted by atomic mass is 16.6. The Kier molecular flexibility index (Phi) is 57.7. The van der Waals surface area contributed by atoms with Crippen LogP contribution in [-0.2, 0) is 28.6 Å². The van der Waals surface area contributed by atoms with Crippen LogP contribution < -0.4 is 0 Å². The van der Waals surface area contributed by atoms with E-state index in [1.165, 1.54) is 205 Å². The van der Waals surface area contributed by atoms with E-state index < -0.39 is 6.10 Å². The predicted molar refractivity (Wildman–Crippen MR) is 307 cm³/mol. The fraction of sp³-hybridized carbons (Fsp3) is 0.831. The van der Waals surface area contributed by atoms with Gasteiger partial charge in [0, 0.05) is 19.3 Å². The Balaban J connectivity index is 4.35. The Bertz CT molecular complexity index is 1230. The van der Waals surface area contributed by atoms with Gasteiger partial charge in [-0.15, -0.1) is 0 Å². The monoisotopic (exact) mass is 995 g/mol. The third-order valence-corrected chi connectivity index (χ3v) is 13.8. The lowest BCUT2D eigenvalue weighted by atomic mass is 10.0. The van der Waals surface area contributed by atoms with Crippen molar-refractivity contribution in [3.8, 4) is 0 Å². The van der Waals surface area contributed by atoms with Crippen LogP contribution in [0.25, 0.3) is 0 Å². The van der Waals surface area contributed by atoms with E-state index in [0.29, 0.717) is 19.3 Å². The molecule has 0 aliphatic heterocycles. The summed E-state index contributed by atoms with van der Waals surface area (Å²) in [6.45, 7) is 6.64. The minimum absolute atomic E-state index is 0.0767. The van der Waals surface area contributed by atoms with E-state index in [9.17, 15) is 14.4 Å². The number of rotatable bonds is 57. The van der Waals surface area contributed by atoms with E-state index in [-0.39, 0.29) is 31.1 Å². The van der Waals surface area contributed by atoms with E-state index in [1.807, 2.05) is 0 Å². The quantitative estimate of drug-likeness (QED) is 0.0261. The Hall–Kier alpha value is -2.63. The highest BCUT2D eigenvalue weighted by Crippen LogP contribution is 2.17. The molecule has 0 N–H and O–H groups in total. The normalized spacial score (nSPS) is 12.3. The number of hydrogen-bond donors (Lipinski definition) is 0. The van der Waals surface area contributed by atoms with E-state index in [1.54, 1.807) is 0 Å². The molecule has 0 saturated heterocycles. The summed E-state index contributed by atoms with van der Waals surface area (Å²) in [6, 6.07) is 0. The van der Waals surface area contributed by atoms with Crippen molar-refractivity contribution in [3.05, 3.63) is 48.6 Å². The minimum atomic E-state index is -0.779. The van der Waals surface area contributed by atoms with E-state index in [4.69, 9.17) is 14.2 Å². The van der Waals surface area contributed by atoms with E-state index in [0.717, 1.165) is 83.5 Å². The first kappa shape index (κ1) is 68.4. The van der Waals surface area contributed by atoms with Crippen molar-refractivity contribution in [2.75, 3.05) is 13.2 Å². The Labute approximate surface area is 441 Å². The molecular formula is C65H118O6. The van der Waals surface area contributed by atoms with Gasteiger partial charge >= 0.3 is 17.9 Å². The maximum absolute atomic E-state index is 12.9. The van der Waals surface area contributed by atoms with Crippen molar-refractivity contribution in [3.63, 3.8) is 0 Å². The maximum Gasteiger partial charge on any atom is 0.306 e. The molecule has 71 heavy (non-hydrogen) atoms. The van der Waals surface area contributed by atoms with Crippen molar-refractivity contribution < 1.29 is 28.6 Å². The van der Waals surface area contributed by atoms with Crippen molar-refractivity contribution in [2.24, 2.45) is 0 Å². The molecule has 0 saturated carbocycles. The standard InChI is InChI=1S/C65H118O6/c1-4-7-10-13-16-19-22-25-28-30-31-32-33-35-37-40-43-46-49-52-55-58-64(67)70-61-62(60-69-63(66)57-54-51-48-45-42-39-36-27-24-21-18-15-12-9-6-3)71-65(68)59-56-53-50-47-44-41-38-34-29-26-23-20-17-14-11-8-5-2/h18,21-22,25,27,30-31,36,62H,4-17,19-20,23-24,26,28-29,32-35,37-61H2,1-3H3/b21-18-,25-22-,31-30-,36-27-. The molecule has 0 bridgehead atoms. The number of allylic oxidation sites excluding steroid dienone is 8. The molecule has 6 heteroatoms. The maximum atomic E-state index is 12.9. The lowest BCUT2D eigenvalue weighted by molar-refractivity contribution is -0.167. The van der Waals surface area contributed by atoms with Gasteiger partial charge in [0.05, 0.1) is 0 Å². The molecule has 0 aliphatic carbocycles. The van der Waals surface area contributed by atoms with Gasteiger partial charge in [-0.2, -0.15) is 0 Å². The van der Waals surface area contributed by atoms with Crippen molar-refractivity contribution in [1.82, 2.24) is 0 Å². The van der Waals surface area contributed by atoms with Gasteiger partial charge in [0.1, 0.15) is 13.2 Å². The first-order valence-electron chi connectivity index (χ1n) is 31.1. The first-order chi connectivity index (χ1) is 35.0. The van der Waals surface area contributed by atoms with Crippen LogP contribution in [0, 0.1) is 0 Å². The summed E-state index contributed by atoms with van der Waals surface area (Å²) in [5, 5.41) is 0. The van der Waals surface area contributed by atoms with Gasteiger partial charge in [-0.1, -0.05) is 275 Å².